The van der Waals surface area contributed by atoms with Crippen molar-refractivity contribution in [2.24, 2.45) is 0 Å². The van der Waals surface area contributed by atoms with Gasteiger partial charge in [0.25, 0.3) is 0 Å². The number of ether oxygens (including phenoxy) is 1. The second-order valence-electron chi connectivity index (χ2n) is 6.13. The van der Waals surface area contributed by atoms with E-state index in [0.717, 1.165) is 25.9 Å². The molecule has 1 aliphatic rings. The van der Waals surface area contributed by atoms with Crippen LogP contribution in [-0.2, 0) is 12.7 Å². The summed E-state index contributed by atoms with van der Waals surface area (Å²) >= 11 is 0. The van der Waals surface area contributed by atoms with E-state index in [1.54, 1.807) is 24.0 Å². The van der Waals surface area contributed by atoms with Gasteiger partial charge in [0.05, 0.1) is 18.5 Å². The van der Waals surface area contributed by atoms with Crippen LogP contribution < -0.4 is 10.1 Å². The van der Waals surface area contributed by atoms with Gasteiger partial charge in [-0.1, -0.05) is 0 Å². The van der Waals surface area contributed by atoms with E-state index >= 15 is 0 Å². The number of aryl methyl sites for hydroxylation is 2. The summed E-state index contributed by atoms with van der Waals surface area (Å²) in [5.74, 6) is 0.384. The zero-order valence-electron chi connectivity index (χ0n) is 14.5. The summed E-state index contributed by atoms with van der Waals surface area (Å²) in [5, 5.41) is 7.41. The number of hydrogen-bond donors (Lipinski definition) is 1. The maximum atomic E-state index is 12.9. The van der Waals surface area contributed by atoms with Gasteiger partial charge >= 0.3 is 6.18 Å². The van der Waals surface area contributed by atoms with E-state index in [4.69, 9.17) is 4.74 Å². The summed E-state index contributed by atoms with van der Waals surface area (Å²) in [6.07, 6.45) is 2.43. The lowest BCUT2D eigenvalue weighted by Gasteiger charge is -2.11. The maximum Gasteiger partial charge on any atom is 0.423 e. The third kappa shape index (κ3) is 3.09. The van der Waals surface area contributed by atoms with Gasteiger partial charge in [0.15, 0.2) is 0 Å². The first-order chi connectivity index (χ1) is 12.9. The van der Waals surface area contributed by atoms with E-state index in [1.807, 2.05) is 6.20 Å². The molecule has 1 atom stereocenters. The van der Waals surface area contributed by atoms with Crippen molar-refractivity contribution in [3.63, 3.8) is 0 Å². The van der Waals surface area contributed by atoms with Gasteiger partial charge in [-0.3, -0.25) is 4.68 Å². The Hall–Kier alpha value is -3.11. The van der Waals surface area contributed by atoms with Gasteiger partial charge in [0.1, 0.15) is 17.4 Å². The molecule has 1 aliphatic heterocycles. The second-order valence-corrected chi connectivity index (χ2v) is 6.13. The Bertz CT molecular complexity index is 979. The normalized spacial score (nSPS) is 16.4. The van der Waals surface area contributed by atoms with Gasteiger partial charge in [0.2, 0.25) is 11.8 Å². The molecule has 142 valence electrons. The highest BCUT2D eigenvalue weighted by atomic mass is 19.4. The van der Waals surface area contributed by atoms with Crippen molar-refractivity contribution in [3.8, 4) is 5.88 Å². The zero-order chi connectivity index (χ0) is 19.2. The Labute approximate surface area is 152 Å². The third-order valence-corrected chi connectivity index (χ3v) is 4.42. The molecule has 0 amide bonds. The highest BCUT2D eigenvalue weighted by Crippen LogP contribution is 2.35. The van der Waals surface area contributed by atoms with Crippen LogP contribution in [-0.4, -0.2) is 36.4 Å². The number of aromatic nitrogens is 6. The summed E-state index contributed by atoms with van der Waals surface area (Å²) in [6, 6.07) is 0.0114. The summed E-state index contributed by atoms with van der Waals surface area (Å²) in [4.78, 5) is 11.9. The molecule has 0 saturated carbocycles. The van der Waals surface area contributed by atoms with Crippen molar-refractivity contribution >= 4 is 11.6 Å². The fraction of sp³-hybridized carbons (Fsp3) is 0.375. The van der Waals surface area contributed by atoms with Crippen LogP contribution in [0.1, 0.15) is 29.5 Å². The van der Waals surface area contributed by atoms with Gasteiger partial charge in [-0.25, -0.2) is 9.97 Å². The summed E-state index contributed by atoms with van der Waals surface area (Å²) < 4.78 is 47.4. The average Bonchev–Trinajstić information content (AvgIpc) is 3.30. The Kier molecular flexibility index (Phi) is 4.01. The van der Waals surface area contributed by atoms with E-state index in [1.165, 1.54) is 0 Å². The lowest BCUT2D eigenvalue weighted by atomic mass is 10.2. The van der Waals surface area contributed by atoms with Crippen LogP contribution in [0.5, 0.6) is 5.88 Å². The van der Waals surface area contributed by atoms with Gasteiger partial charge in [-0.2, -0.15) is 23.3 Å². The van der Waals surface area contributed by atoms with E-state index in [0.29, 0.717) is 17.6 Å². The van der Waals surface area contributed by atoms with E-state index in [2.05, 4.69) is 29.9 Å². The Morgan fingerprint density at radius 1 is 1.30 bits per heavy atom. The van der Waals surface area contributed by atoms with Crippen molar-refractivity contribution in [1.29, 1.82) is 0 Å². The molecule has 8 nitrogen and oxygen atoms in total. The van der Waals surface area contributed by atoms with Crippen molar-refractivity contribution in [3.05, 3.63) is 41.9 Å². The predicted molar refractivity (Wildman–Crippen MR) is 88.8 cm³/mol. The number of fused-ring (bicyclic) bond motifs is 1. The molecule has 0 unspecified atom stereocenters. The first-order valence-electron chi connectivity index (χ1n) is 8.19. The molecule has 27 heavy (non-hydrogen) atoms. The minimum Gasteiger partial charge on any atom is -0.480 e. The lowest BCUT2D eigenvalue weighted by molar-refractivity contribution is -0.139. The van der Waals surface area contributed by atoms with Crippen LogP contribution >= 0.6 is 0 Å². The largest absolute Gasteiger partial charge is 0.480 e. The molecule has 0 aliphatic carbocycles. The van der Waals surface area contributed by atoms with Crippen LogP contribution in [0.4, 0.5) is 24.8 Å². The predicted octanol–water partition coefficient (Wildman–Crippen LogP) is 2.94. The minimum atomic E-state index is -4.59. The molecule has 1 N–H and O–H groups in total. The number of nitrogens with zero attached hydrogens (tertiary/aromatic N) is 6. The fourth-order valence-electron chi connectivity index (χ4n) is 3.11. The van der Waals surface area contributed by atoms with Gasteiger partial charge in [-0.15, -0.1) is 0 Å². The standard InChI is InChI=1S/C16H16F3N7O/c1-9-11(8-26(24-9)12-3-5-25-6-4-20-13(12)25)22-15-21-7-10(16(17,18)19)14(23-15)27-2/h4,6-8,12H,3,5H2,1-2H3,(H,21,22,23)/t12-/m0/s1. The molecule has 3 aromatic heterocycles. The Morgan fingerprint density at radius 2 is 2.11 bits per heavy atom. The molecule has 4 heterocycles. The zero-order valence-corrected chi connectivity index (χ0v) is 14.5. The monoisotopic (exact) mass is 379 g/mol. The van der Waals surface area contributed by atoms with Crippen LogP contribution in [0.2, 0.25) is 0 Å². The molecule has 0 aromatic carbocycles. The van der Waals surface area contributed by atoms with E-state index in [-0.39, 0.29) is 12.0 Å². The molecule has 0 bridgehead atoms. The molecular formula is C16H16F3N7O. The number of hydrogen-bond acceptors (Lipinski definition) is 6. The molecule has 3 aromatic rings. The minimum absolute atomic E-state index is 0.00424. The van der Waals surface area contributed by atoms with Crippen molar-refractivity contribution < 1.29 is 17.9 Å². The van der Waals surface area contributed by atoms with Crippen LogP contribution in [0.25, 0.3) is 0 Å². The van der Waals surface area contributed by atoms with Crippen LogP contribution in [0.3, 0.4) is 0 Å². The number of methoxy groups -OCH3 is 1. The third-order valence-electron chi connectivity index (χ3n) is 4.42. The number of anilines is 2. The molecule has 0 spiro atoms. The molecule has 0 saturated heterocycles. The SMILES string of the molecule is COc1nc(Nc2cn([C@H]3CCn4ccnc43)nc2C)ncc1C(F)(F)F. The van der Waals surface area contributed by atoms with Gasteiger partial charge < -0.3 is 14.6 Å². The van der Waals surface area contributed by atoms with Crippen molar-refractivity contribution in [2.75, 3.05) is 12.4 Å². The molecule has 0 fully saturated rings. The lowest BCUT2D eigenvalue weighted by Crippen LogP contribution is -2.11. The molecule has 4 rings (SSSR count). The van der Waals surface area contributed by atoms with E-state index < -0.39 is 17.6 Å². The highest BCUT2D eigenvalue weighted by molar-refractivity contribution is 5.55. The highest BCUT2D eigenvalue weighted by Gasteiger charge is 2.36. The number of rotatable bonds is 4. The average molecular weight is 379 g/mol. The first-order valence-corrected chi connectivity index (χ1v) is 8.19. The smallest absolute Gasteiger partial charge is 0.423 e. The fourth-order valence-corrected chi connectivity index (χ4v) is 3.11. The number of imidazole rings is 1. The maximum absolute atomic E-state index is 12.9. The number of nitrogens with one attached hydrogen (secondary N) is 1. The van der Waals surface area contributed by atoms with E-state index in [9.17, 15) is 13.2 Å². The summed E-state index contributed by atoms with van der Waals surface area (Å²) in [6.45, 7) is 2.66. The van der Waals surface area contributed by atoms with Crippen LogP contribution in [0.15, 0.2) is 24.8 Å². The van der Waals surface area contributed by atoms with Crippen molar-refractivity contribution in [1.82, 2.24) is 29.3 Å². The van der Waals surface area contributed by atoms with Crippen LogP contribution in [0, 0.1) is 6.92 Å². The molecular weight excluding hydrogens is 363 g/mol. The molecule has 0 radical (unpaired) electrons. The Morgan fingerprint density at radius 3 is 2.85 bits per heavy atom. The molecule has 11 heteroatoms. The van der Waals surface area contributed by atoms with Gasteiger partial charge in [0, 0.05) is 31.3 Å². The van der Waals surface area contributed by atoms with Gasteiger partial charge in [-0.05, 0) is 13.3 Å². The second kappa shape index (κ2) is 6.25. The Balaban J connectivity index is 1.60. The first kappa shape index (κ1) is 17.3. The number of alkyl halides is 3. The summed E-state index contributed by atoms with van der Waals surface area (Å²) in [7, 11) is 1.13. The number of halogens is 3. The summed E-state index contributed by atoms with van der Waals surface area (Å²) in [5.41, 5.74) is 0.241. The quantitative estimate of drug-likeness (QED) is 0.751. The van der Waals surface area contributed by atoms with Crippen molar-refractivity contribution in [2.45, 2.75) is 32.1 Å². The topological polar surface area (TPSA) is 82.7 Å².